The lowest BCUT2D eigenvalue weighted by molar-refractivity contribution is 0.222. The molecule has 0 aliphatic rings. The molecule has 2 nitrogen and oxygen atoms in total. The van der Waals surface area contributed by atoms with E-state index < -0.39 is 0 Å². The number of nitrogens with one attached hydrogen (secondary N) is 1. The number of nitrogens with zero attached hydrogens (tertiary/aromatic N) is 1. The topological polar surface area (TPSA) is 15.3 Å². The highest BCUT2D eigenvalue weighted by molar-refractivity contribution is 5.85. The smallest absolute Gasteiger partial charge is 0.0378 e. The van der Waals surface area contributed by atoms with Crippen LogP contribution >= 0.6 is 12.4 Å². The Bertz CT molecular complexity index is 431. The first kappa shape index (κ1) is 14.7. The Kier molecular flexibility index (Phi) is 6.44. The second-order valence-corrected chi connectivity index (χ2v) is 4.16. The monoisotopic (exact) mass is 262 g/mol. The van der Waals surface area contributed by atoms with Gasteiger partial charge in [0, 0.05) is 20.1 Å². The summed E-state index contributed by atoms with van der Waals surface area (Å²) in [7, 11) is 2.07. The van der Waals surface area contributed by atoms with Crippen LogP contribution in [-0.2, 0) is 13.1 Å². The van der Waals surface area contributed by atoms with Crippen LogP contribution in [0, 0.1) is 0 Å². The first-order chi connectivity index (χ1) is 8.34. The van der Waals surface area contributed by atoms with E-state index in [9.17, 15) is 0 Å². The lowest BCUT2D eigenvalue weighted by Gasteiger charge is -2.18. The highest BCUT2D eigenvalue weighted by atomic mass is 35.5. The standard InChI is InChI=1S/C15H18N2.ClH/c1-17(13-15-10-6-3-7-11-15)16-12-14-8-4-2-5-9-14;/h2-11,16H,12-13H2,1H3;1H. The third-order valence-electron chi connectivity index (χ3n) is 2.66. The summed E-state index contributed by atoms with van der Waals surface area (Å²) >= 11 is 0. The summed E-state index contributed by atoms with van der Waals surface area (Å²) in [6.07, 6.45) is 0. The van der Waals surface area contributed by atoms with Crippen LogP contribution in [0.2, 0.25) is 0 Å². The van der Waals surface area contributed by atoms with Crippen molar-refractivity contribution in [2.45, 2.75) is 13.1 Å². The Balaban J connectivity index is 0.00000162. The molecule has 0 aliphatic heterocycles. The van der Waals surface area contributed by atoms with Crippen molar-refractivity contribution in [1.82, 2.24) is 10.4 Å². The molecule has 0 bridgehead atoms. The summed E-state index contributed by atoms with van der Waals surface area (Å²) in [5, 5.41) is 2.11. The molecular formula is C15H19ClN2. The van der Waals surface area contributed by atoms with E-state index in [1.807, 2.05) is 12.1 Å². The number of rotatable bonds is 5. The maximum absolute atomic E-state index is 3.38. The lowest BCUT2D eigenvalue weighted by atomic mass is 10.2. The van der Waals surface area contributed by atoms with Crippen molar-refractivity contribution in [3.63, 3.8) is 0 Å². The molecule has 2 aromatic carbocycles. The molecule has 1 N–H and O–H groups in total. The molecule has 0 saturated heterocycles. The number of hydrogen-bond acceptors (Lipinski definition) is 2. The van der Waals surface area contributed by atoms with Crippen LogP contribution in [0.1, 0.15) is 11.1 Å². The van der Waals surface area contributed by atoms with E-state index in [2.05, 4.69) is 66.0 Å². The Labute approximate surface area is 115 Å². The first-order valence-electron chi connectivity index (χ1n) is 5.87. The third kappa shape index (κ3) is 4.88. The molecule has 0 amide bonds. The highest BCUT2D eigenvalue weighted by Gasteiger charge is 1.99. The number of hydrogen-bond donors (Lipinski definition) is 1. The summed E-state index contributed by atoms with van der Waals surface area (Å²) in [5.74, 6) is 0. The van der Waals surface area contributed by atoms with Crippen molar-refractivity contribution in [2.75, 3.05) is 7.05 Å². The Morgan fingerprint density at radius 2 is 1.33 bits per heavy atom. The van der Waals surface area contributed by atoms with Gasteiger partial charge in [-0.3, -0.25) is 5.43 Å². The van der Waals surface area contributed by atoms with Crippen molar-refractivity contribution in [3.05, 3.63) is 71.8 Å². The molecule has 2 rings (SSSR count). The molecule has 0 aliphatic carbocycles. The van der Waals surface area contributed by atoms with Crippen LogP contribution < -0.4 is 5.43 Å². The molecule has 0 aromatic heterocycles. The van der Waals surface area contributed by atoms with Gasteiger partial charge in [0.15, 0.2) is 0 Å². The van der Waals surface area contributed by atoms with Crippen LogP contribution in [0.5, 0.6) is 0 Å². The summed E-state index contributed by atoms with van der Waals surface area (Å²) in [6.45, 7) is 1.78. The van der Waals surface area contributed by atoms with Crippen molar-refractivity contribution < 1.29 is 0 Å². The Morgan fingerprint density at radius 3 is 1.89 bits per heavy atom. The van der Waals surface area contributed by atoms with E-state index in [1.54, 1.807) is 0 Å². The molecule has 0 radical (unpaired) electrons. The molecule has 0 unspecified atom stereocenters. The number of benzene rings is 2. The second kappa shape index (κ2) is 7.88. The SMILES string of the molecule is CN(Cc1ccccc1)NCc1ccccc1.Cl. The van der Waals surface area contributed by atoms with E-state index in [1.165, 1.54) is 11.1 Å². The minimum absolute atomic E-state index is 0. The summed E-state index contributed by atoms with van der Waals surface area (Å²) in [5.41, 5.74) is 5.99. The molecule has 0 saturated carbocycles. The van der Waals surface area contributed by atoms with Gasteiger partial charge in [-0.25, -0.2) is 5.01 Å². The van der Waals surface area contributed by atoms with Gasteiger partial charge in [-0.1, -0.05) is 60.7 Å². The fourth-order valence-corrected chi connectivity index (χ4v) is 1.74. The van der Waals surface area contributed by atoms with Crippen molar-refractivity contribution in [2.24, 2.45) is 0 Å². The molecule has 0 fully saturated rings. The van der Waals surface area contributed by atoms with Gasteiger partial charge in [0.2, 0.25) is 0 Å². The van der Waals surface area contributed by atoms with Gasteiger partial charge in [-0.15, -0.1) is 12.4 Å². The molecule has 18 heavy (non-hydrogen) atoms. The average Bonchev–Trinajstić information content (AvgIpc) is 2.39. The van der Waals surface area contributed by atoms with Gasteiger partial charge in [0.1, 0.15) is 0 Å². The van der Waals surface area contributed by atoms with Crippen LogP contribution in [0.4, 0.5) is 0 Å². The highest BCUT2D eigenvalue weighted by Crippen LogP contribution is 2.02. The first-order valence-corrected chi connectivity index (χ1v) is 5.87. The minimum Gasteiger partial charge on any atom is -0.251 e. The second-order valence-electron chi connectivity index (χ2n) is 4.16. The van der Waals surface area contributed by atoms with E-state index in [0.717, 1.165) is 13.1 Å². The number of halogens is 1. The van der Waals surface area contributed by atoms with Crippen molar-refractivity contribution >= 4 is 12.4 Å². The predicted octanol–water partition coefficient (Wildman–Crippen LogP) is 3.25. The van der Waals surface area contributed by atoms with Gasteiger partial charge in [-0.2, -0.15) is 0 Å². The largest absolute Gasteiger partial charge is 0.251 e. The zero-order valence-electron chi connectivity index (χ0n) is 10.5. The minimum atomic E-state index is 0. The van der Waals surface area contributed by atoms with Crippen LogP contribution in [0.15, 0.2) is 60.7 Å². The third-order valence-corrected chi connectivity index (χ3v) is 2.66. The molecule has 0 atom stereocenters. The normalized spacial score (nSPS) is 10.1. The van der Waals surface area contributed by atoms with Gasteiger partial charge >= 0.3 is 0 Å². The predicted molar refractivity (Wildman–Crippen MR) is 78.4 cm³/mol. The zero-order chi connectivity index (χ0) is 11.9. The van der Waals surface area contributed by atoms with E-state index in [0.29, 0.717) is 0 Å². The molecule has 0 spiro atoms. The lowest BCUT2D eigenvalue weighted by Crippen LogP contribution is -2.33. The summed E-state index contributed by atoms with van der Waals surface area (Å²) in [6, 6.07) is 20.9. The van der Waals surface area contributed by atoms with Gasteiger partial charge in [-0.05, 0) is 11.1 Å². The maximum Gasteiger partial charge on any atom is 0.0378 e. The summed E-state index contributed by atoms with van der Waals surface area (Å²) in [4.78, 5) is 0. The van der Waals surface area contributed by atoms with Gasteiger partial charge < -0.3 is 0 Å². The quantitative estimate of drug-likeness (QED) is 0.833. The van der Waals surface area contributed by atoms with Crippen LogP contribution in [0.3, 0.4) is 0 Å². The fourth-order valence-electron chi connectivity index (χ4n) is 1.74. The van der Waals surface area contributed by atoms with Crippen molar-refractivity contribution in [3.8, 4) is 0 Å². The van der Waals surface area contributed by atoms with E-state index >= 15 is 0 Å². The van der Waals surface area contributed by atoms with Gasteiger partial charge in [0.25, 0.3) is 0 Å². The average molecular weight is 263 g/mol. The maximum atomic E-state index is 3.38. The summed E-state index contributed by atoms with van der Waals surface area (Å²) < 4.78 is 0. The molecule has 3 heteroatoms. The zero-order valence-corrected chi connectivity index (χ0v) is 11.4. The van der Waals surface area contributed by atoms with Crippen LogP contribution in [0.25, 0.3) is 0 Å². The van der Waals surface area contributed by atoms with Crippen molar-refractivity contribution in [1.29, 1.82) is 0 Å². The number of hydrazine groups is 1. The molecule has 0 heterocycles. The Hall–Kier alpha value is -1.35. The van der Waals surface area contributed by atoms with E-state index in [4.69, 9.17) is 0 Å². The molecule has 96 valence electrons. The molecular weight excluding hydrogens is 244 g/mol. The molecule has 2 aromatic rings. The van der Waals surface area contributed by atoms with Crippen LogP contribution in [-0.4, -0.2) is 12.1 Å². The van der Waals surface area contributed by atoms with E-state index in [-0.39, 0.29) is 12.4 Å². The fraction of sp³-hybridized carbons (Fsp3) is 0.200. The Morgan fingerprint density at radius 1 is 0.833 bits per heavy atom. The van der Waals surface area contributed by atoms with Gasteiger partial charge in [0.05, 0.1) is 0 Å².